The second-order valence-corrected chi connectivity index (χ2v) is 5.55. The normalized spacial score (nSPS) is 28.5. The Morgan fingerprint density at radius 3 is 2.83 bits per heavy atom. The van der Waals surface area contributed by atoms with Crippen LogP contribution >= 0.6 is 0 Å². The maximum absolute atomic E-state index is 11.7. The van der Waals surface area contributed by atoms with E-state index in [0.29, 0.717) is 17.9 Å². The molecule has 2 atom stereocenters. The predicted octanol–water partition coefficient (Wildman–Crippen LogP) is 1.74. The SMILES string of the molecule is CN1C(=O)C[C@@H]2CN(Cc3ccccc3)CCC21. The molecule has 2 fully saturated rings. The number of carbonyl (C=O) groups is 1. The smallest absolute Gasteiger partial charge is 0.222 e. The molecule has 0 saturated carbocycles. The van der Waals surface area contributed by atoms with Crippen LogP contribution in [0.15, 0.2) is 30.3 Å². The van der Waals surface area contributed by atoms with Gasteiger partial charge in [-0.3, -0.25) is 9.69 Å². The third-order valence-corrected chi connectivity index (χ3v) is 4.35. The van der Waals surface area contributed by atoms with Gasteiger partial charge in [0.25, 0.3) is 0 Å². The summed E-state index contributed by atoms with van der Waals surface area (Å²) in [4.78, 5) is 16.2. The van der Waals surface area contributed by atoms with Crippen LogP contribution < -0.4 is 0 Å². The van der Waals surface area contributed by atoms with Gasteiger partial charge in [-0.05, 0) is 12.0 Å². The molecule has 0 bridgehead atoms. The van der Waals surface area contributed by atoms with Crippen LogP contribution in [0.1, 0.15) is 18.4 Å². The molecule has 0 aromatic heterocycles. The van der Waals surface area contributed by atoms with Crippen LogP contribution in [0.4, 0.5) is 0 Å². The van der Waals surface area contributed by atoms with Gasteiger partial charge in [0.2, 0.25) is 5.91 Å². The average Bonchev–Trinajstić information content (AvgIpc) is 2.66. The van der Waals surface area contributed by atoms with E-state index in [-0.39, 0.29) is 0 Å². The molecule has 0 aliphatic carbocycles. The van der Waals surface area contributed by atoms with E-state index < -0.39 is 0 Å². The highest BCUT2D eigenvalue weighted by Gasteiger charge is 2.40. The maximum atomic E-state index is 11.7. The lowest BCUT2D eigenvalue weighted by atomic mass is 9.92. The minimum absolute atomic E-state index is 0.326. The van der Waals surface area contributed by atoms with Crippen molar-refractivity contribution in [3.05, 3.63) is 35.9 Å². The lowest BCUT2D eigenvalue weighted by Crippen LogP contribution is -2.44. The Hall–Kier alpha value is -1.35. The zero-order valence-corrected chi connectivity index (χ0v) is 10.9. The molecule has 1 unspecified atom stereocenters. The summed E-state index contributed by atoms with van der Waals surface area (Å²) in [7, 11) is 1.96. The number of hydrogen-bond donors (Lipinski definition) is 0. The molecular weight excluding hydrogens is 224 g/mol. The second kappa shape index (κ2) is 4.73. The molecule has 96 valence electrons. The largest absolute Gasteiger partial charge is 0.342 e. The van der Waals surface area contributed by atoms with E-state index >= 15 is 0 Å². The number of piperidine rings is 1. The van der Waals surface area contributed by atoms with Crippen LogP contribution in [0.5, 0.6) is 0 Å². The molecule has 1 amide bonds. The van der Waals surface area contributed by atoms with E-state index in [2.05, 4.69) is 35.2 Å². The number of amides is 1. The number of hydrogen-bond acceptors (Lipinski definition) is 2. The van der Waals surface area contributed by atoms with Crippen molar-refractivity contribution in [2.45, 2.75) is 25.4 Å². The van der Waals surface area contributed by atoms with E-state index in [4.69, 9.17) is 0 Å². The number of benzene rings is 1. The van der Waals surface area contributed by atoms with E-state index in [1.165, 1.54) is 5.56 Å². The summed E-state index contributed by atoms with van der Waals surface area (Å²) < 4.78 is 0. The molecule has 0 spiro atoms. The van der Waals surface area contributed by atoms with Gasteiger partial charge in [0.15, 0.2) is 0 Å². The minimum Gasteiger partial charge on any atom is -0.342 e. The standard InChI is InChI=1S/C15H20N2O/c1-16-14-7-8-17(11-13(14)9-15(16)18)10-12-5-3-2-4-6-12/h2-6,13-14H,7-11H2,1H3/t13-,14?/m1/s1. The Balaban J connectivity index is 1.63. The first-order chi connectivity index (χ1) is 8.74. The second-order valence-electron chi connectivity index (χ2n) is 5.55. The highest BCUT2D eigenvalue weighted by Crippen LogP contribution is 2.31. The monoisotopic (exact) mass is 244 g/mol. The van der Waals surface area contributed by atoms with Gasteiger partial charge in [-0.1, -0.05) is 30.3 Å². The third kappa shape index (κ3) is 2.15. The summed E-state index contributed by atoms with van der Waals surface area (Å²) in [6.45, 7) is 3.19. The molecule has 18 heavy (non-hydrogen) atoms. The van der Waals surface area contributed by atoms with Crippen LogP contribution in [0.3, 0.4) is 0 Å². The Labute approximate surface area is 108 Å². The zero-order chi connectivity index (χ0) is 12.5. The lowest BCUT2D eigenvalue weighted by molar-refractivity contribution is -0.127. The van der Waals surface area contributed by atoms with E-state index in [1.54, 1.807) is 0 Å². The molecule has 2 heterocycles. The summed E-state index contributed by atoms with van der Waals surface area (Å²) in [5.41, 5.74) is 1.37. The van der Waals surface area contributed by atoms with Crippen LogP contribution in [0.2, 0.25) is 0 Å². The van der Waals surface area contributed by atoms with Crippen molar-refractivity contribution in [3.63, 3.8) is 0 Å². The Morgan fingerprint density at radius 2 is 2.06 bits per heavy atom. The van der Waals surface area contributed by atoms with Gasteiger partial charge in [0.05, 0.1) is 0 Å². The van der Waals surface area contributed by atoms with Crippen molar-refractivity contribution in [2.24, 2.45) is 5.92 Å². The van der Waals surface area contributed by atoms with E-state index in [0.717, 1.165) is 32.5 Å². The molecule has 1 aromatic rings. The number of nitrogens with zero attached hydrogens (tertiary/aromatic N) is 2. The molecule has 2 saturated heterocycles. The van der Waals surface area contributed by atoms with Crippen molar-refractivity contribution in [3.8, 4) is 0 Å². The summed E-state index contributed by atoms with van der Waals surface area (Å²) >= 11 is 0. The maximum Gasteiger partial charge on any atom is 0.222 e. The Kier molecular flexibility index (Phi) is 3.08. The fourth-order valence-corrected chi connectivity index (χ4v) is 3.34. The number of carbonyl (C=O) groups excluding carboxylic acids is 1. The minimum atomic E-state index is 0.326. The first-order valence-electron chi connectivity index (χ1n) is 6.76. The first kappa shape index (κ1) is 11.7. The van der Waals surface area contributed by atoms with Gasteiger partial charge in [-0.2, -0.15) is 0 Å². The van der Waals surface area contributed by atoms with E-state index in [1.807, 2.05) is 11.9 Å². The zero-order valence-electron chi connectivity index (χ0n) is 10.9. The molecule has 3 nitrogen and oxygen atoms in total. The fourth-order valence-electron chi connectivity index (χ4n) is 3.34. The van der Waals surface area contributed by atoms with Gasteiger partial charge in [0.1, 0.15) is 0 Å². The Bertz CT molecular complexity index is 431. The van der Waals surface area contributed by atoms with Crippen molar-refractivity contribution < 1.29 is 4.79 Å². The molecule has 2 aliphatic heterocycles. The highest BCUT2D eigenvalue weighted by atomic mass is 16.2. The quantitative estimate of drug-likeness (QED) is 0.791. The third-order valence-electron chi connectivity index (χ3n) is 4.35. The van der Waals surface area contributed by atoms with Crippen LogP contribution in [0.25, 0.3) is 0 Å². The van der Waals surface area contributed by atoms with Crippen LogP contribution in [-0.4, -0.2) is 41.9 Å². The molecule has 3 heteroatoms. The molecular formula is C15H20N2O. The predicted molar refractivity (Wildman–Crippen MR) is 71.0 cm³/mol. The molecule has 0 N–H and O–H groups in total. The summed E-state index contributed by atoms with van der Waals surface area (Å²) in [5, 5.41) is 0. The van der Waals surface area contributed by atoms with Crippen molar-refractivity contribution in [1.82, 2.24) is 9.80 Å². The summed E-state index contributed by atoms with van der Waals surface area (Å²) in [5.74, 6) is 0.867. The van der Waals surface area contributed by atoms with Crippen LogP contribution in [0, 0.1) is 5.92 Å². The number of rotatable bonds is 2. The fraction of sp³-hybridized carbons (Fsp3) is 0.533. The molecule has 2 aliphatic rings. The van der Waals surface area contributed by atoms with Gasteiger partial charge in [0, 0.05) is 45.1 Å². The number of fused-ring (bicyclic) bond motifs is 1. The first-order valence-corrected chi connectivity index (χ1v) is 6.76. The van der Waals surface area contributed by atoms with Gasteiger partial charge < -0.3 is 4.90 Å². The average molecular weight is 244 g/mol. The topological polar surface area (TPSA) is 23.6 Å². The lowest BCUT2D eigenvalue weighted by Gasteiger charge is -2.36. The van der Waals surface area contributed by atoms with Crippen molar-refractivity contribution >= 4 is 5.91 Å². The molecule has 3 rings (SSSR count). The van der Waals surface area contributed by atoms with Gasteiger partial charge in [-0.15, -0.1) is 0 Å². The van der Waals surface area contributed by atoms with E-state index in [9.17, 15) is 4.79 Å². The van der Waals surface area contributed by atoms with Crippen LogP contribution in [-0.2, 0) is 11.3 Å². The summed E-state index contributed by atoms with van der Waals surface area (Å²) in [6, 6.07) is 11.1. The van der Waals surface area contributed by atoms with Gasteiger partial charge in [-0.25, -0.2) is 0 Å². The number of likely N-dealkylation sites (tertiary alicyclic amines) is 2. The Morgan fingerprint density at radius 1 is 1.28 bits per heavy atom. The van der Waals surface area contributed by atoms with Crippen molar-refractivity contribution in [1.29, 1.82) is 0 Å². The molecule has 0 radical (unpaired) electrons. The summed E-state index contributed by atoms with van der Waals surface area (Å²) in [6.07, 6.45) is 1.87. The van der Waals surface area contributed by atoms with Crippen molar-refractivity contribution in [2.75, 3.05) is 20.1 Å². The van der Waals surface area contributed by atoms with Gasteiger partial charge >= 0.3 is 0 Å². The molecule has 1 aromatic carbocycles. The highest BCUT2D eigenvalue weighted by molar-refractivity contribution is 5.79.